The highest BCUT2D eigenvalue weighted by atomic mass is 16.2. The molecule has 0 unspecified atom stereocenters. The van der Waals surface area contributed by atoms with Gasteiger partial charge in [-0.15, -0.1) is 0 Å². The van der Waals surface area contributed by atoms with Crippen LogP contribution in [0.15, 0.2) is 24.7 Å². The molecule has 0 aromatic carbocycles. The van der Waals surface area contributed by atoms with Gasteiger partial charge in [-0.25, -0.2) is 0 Å². The predicted molar refractivity (Wildman–Crippen MR) is 85.7 cm³/mol. The highest BCUT2D eigenvalue weighted by molar-refractivity contribution is 5.83. The number of carbonyl (C=O) groups excluding carboxylic acids is 1. The lowest BCUT2D eigenvalue weighted by molar-refractivity contribution is -0.133. The number of amides is 1. The fourth-order valence-electron chi connectivity index (χ4n) is 3.86. The summed E-state index contributed by atoms with van der Waals surface area (Å²) in [5.41, 5.74) is 2.41. The quantitative estimate of drug-likeness (QED) is 0.859. The predicted octanol–water partition coefficient (Wildman–Crippen LogP) is 1.49. The molecule has 2 aliphatic rings. The van der Waals surface area contributed by atoms with Crippen LogP contribution in [0.25, 0.3) is 0 Å². The highest BCUT2D eigenvalue weighted by Crippen LogP contribution is 2.49. The Morgan fingerprint density at radius 3 is 2.91 bits per heavy atom. The van der Waals surface area contributed by atoms with Crippen molar-refractivity contribution in [3.05, 3.63) is 35.9 Å². The Balaban J connectivity index is 1.43. The monoisotopic (exact) mass is 313 g/mol. The van der Waals surface area contributed by atoms with Crippen LogP contribution in [0, 0.1) is 5.92 Å². The van der Waals surface area contributed by atoms with Gasteiger partial charge in [0.2, 0.25) is 5.91 Å². The minimum Gasteiger partial charge on any atom is -0.339 e. The summed E-state index contributed by atoms with van der Waals surface area (Å²) >= 11 is 0. The van der Waals surface area contributed by atoms with Gasteiger partial charge in [0.25, 0.3) is 0 Å². The molecule has 0 spiro atoms. The molecular weight excluding hydrogens is 290 g/mol. The molecule has 0 N–H and O–H groups in total. The maximum absolute atomic E-state index is 12.9. The number of carbonyl (C=O) groups is 1. The van der Waals surface area contributed by atoms with E-state index >= 15 is 0 Å². The van der Waals surface area contributed by atoms with Crippen molar-refractivity contribution in [2.24, 2.45) is 20.0 Å². The number of hydrogen-bond donors (Lipinski definition) is 0. The van der Waals surface area contributed by atoms with E-state index in [1.807, 2.05) is 42.0 Å². The minimum absolute atomic E-state index is 0.159. The van der Waals surface area contributed by atoms with Crippen LogP contribution in [0.3, 0.4) is 0 Å². The average molecular weight is 313 g/mol. The summed E-state index contributed by atoms with van der Waals surface area (Å²) < 4.78 is 3.73. The van der Waals surface area contributed by atoms with Crippen molar-refractivity contribution in [2.75, 3.05) is 6.54 Å². The van der Waals surface area contributed by atoms with E-state index in [-0.39, 0.29) is 5.92 Å². The summed E-state index contributed by atoms with van der Waals surface area (Å²) in [5, 5.41) is 8.46. The Bertz CT molecular complexity index is 718. The van der Waals surface area contributed by atoms with Gasteiger partial charge >= 0.3 is 0 Å². The Kier molecular flexibility index (Phi) is 3.47. The number of rotatable bonds is 4. The first-order valence-corrected chi connectivity index (χ1v) is 8.39. The van der Waals surface area contributed by atoms with E-state index in [0.717, 1.165) is 32.2 Å². The molecule has 6 nitrogen and oxygen atoms in total. The van der Waals surface area contributed by atoms with Crippen LogP contribution in [0.1, 0.15) is 36.4 Å². The second-order valence-corrected chi connectivity index (χ2v) is 6.87. The molecule has 1 saturated heterocycles. The smallest absolute Gasteiger partial charge is 0.226 e. The summed E-state index contributed by atoms with van der Waals surface area (Å²) in [6.45, 7) is 0.900. The topological polar surface area (TPSA) is 56.0 Å². The lowest BCUT2D eigenvalue weighted by Crippen LogP contribution is -2.38. The van der Waals surface area contributed by atoms with E-state index in [9.17, 15) is 4.79 Å². The summed E-state index contributed by atoms with van der Waals surface area (Å²) in [6.07, 6.45) is 9.85. The largest absolute Gasteiger partial charge is 0.339 e. The first-order valence-electron chi connectivity index (χ1n) is 8.39. The third kappa shape index (κ3) is 2.66. The Morgan fingerprint density at radius 1 is 1.35 bits per heavy atom. The second kappa shape index (κ2) is 5.51. The van der Waals surface area contributed by atoms with Crippen molar-refractivity contribution < 1.29 is 4.79 Å². The fourth-order valence-corrected chi connectivity index (χ4v) is 3.86. The molecule has 3 heterocycles. The van der Waals surface area contributed by atoms with Crippen molar-refractivity contribution in [1.82, 2.24) is 24.5 Å². The lowest BCUT2D eigenvalue weighted by atomic mass is 10.1. The molecule has 1 aliphatic carbocycles. The number of aromatic nitrogens is 4. The molecule has 4 rings (SSSR count). The molecule has 1 amide bonds. The van der Waals surface area contributed by atoms with Gasteiger partial charge in [-0.05, 0) is 36.8 Å². The van der Waals surface area contributed by atoms with Crippen LogP contribution in [0.5, 0.6) is 0 Å². The zero-order valence-electron chi connectivity index (χ0n) is 13.7. The molecule has 6 heteroatoms. The zero-order chi connectivity index (χ0) is 16.0. The number of likely N-dealkylation sites (tertiary alicyclic amines) is 1. The van der Waals surface area contributed by atoms with Gasteiger partial charge in [-0.2, -0.15) is 10.2 Å². The van der Waals surface area contributed by atoms with E-state index < -0.39 is 0 Å². The summed E-state index contributed by atoms with van der Waals surface area (Å²) in [5.74, 6) is 0.865. The number of nitrogens with zero attached hydrogens (tertiary/aromatic N) is 5. The first kappa shape index (κ1) is 14.5. The lowest BCUT2D eigenvalue weighted by Gasteiger charge is -2.25. The van der Waals surface area contributed by atoms with Gasteiger partial charge in [0.05, 0.1) is 6.20 Å². The van der Waals surface area contributed by atoms with Crippen molar-refractivity contribution in [3.63, 3.8) is 0 Å². The van der Waals surface area contributed by atoms with E-state index in [4.69, 9.17) is 0 Å². The van der Waals surface area contributed by atoms with Gasteiger partial charge in [0.15, 0.2) is 0 Å². The van der Waals surface area contributed by atoms with Gasteiger partial charge < -0.3 is 4.90 Å². The van der Waals surface area contributed by atoms with Gasteiger partial charge in [-0.1, -0.05) is 0 Å². The molecule has 1 aliphatic heterocycles. The van der Waals surface area contributed by atoms with Gasteiger partial charge in [-0.3, -0.25) is 14.2 Å². The second-order valence-electron chi connectivity index (χ2n) is 6.87. The third-order valence-corrected chi connectivity index (χ3v) is 5.29. The molecule has 2 fully saturated rings. The van der Waals surface area contributed by atoms with Crippen LogP contribution in [-0.4, -0.2) is 43.0 Å². The first-order chi connectivity index (χ1) is 11.1. The Hall–Kier alpha value is -2.11. The van der Waals surface area contributed by atoms with E-state index in [2.05, 4.69) is 21.2 Å². The molecular formula is C17H23N5O. The van der Waals surface area contributed by atoms with Crippen molar-refractivity contribution in [1.29, 1.82) is 0 Å². The van der Waals surface area contributed by atoms with Crippen LogP contribution < -0.4 is 0 Å². The zero-order valence-corrected chi connectivity index (χ0v) is 13.7. The normalized spacial score (nSPS) is 26.7. The summed E-state index contributed by atoms with van der Waals surface area (Å²) in [4.78, 5) is 15.0. The summed E-state index contributed by atoms with van der Waals surface area (Å²) in [7, 11) is 3.89. The molecule has 0 radical (unpaired) electrons. The Labute approximate surface area is 136 Å². The molecule has 2 aromatic heterocycles. The van der Waals surface area contributed by atoms with Gasteiger partial charge in [0, 0.05) is 57.1 Å². The van der Waals surface area contributed by atoms with Crippen LogP contribution in [-0.2, 0) is 25.3 Å². The molecule has 23 heavy (non-hydrogen) atoms. The standard InChI is InChI=1S/C17H23N5O/c1-20-11-12(10-19-20)15-9-16(15)17(23)22-7-3-4-14(22)8-13-5-6-18-21(13)2/h5-6,10-11,14-16H,3-4,7-9H2,1-2H3/t14-,15-,16+/m0/s1. The number of aryl methyl sites for hydroxylation is 2. The maximum atomic E-state index is 12.9. The Morgan fingerprint density at radius 2 is 2.22 bits per heavy atom. The number of hydrogen-bond acceptors (Lipinski definition) is 3. The average Bonchev–Trinajstić information content (AvgIpc) is 2.86. The van der Waals surface area contributed by atoms with E-state index in [1.54, 1.807) is 0 Å². The molecule has 2 aromatic rings. The summed E-state index contributed by atoms with van der Waals surface area (Å²) in [6, 6.07) is 2.38. The molecule has 0 bridgehead atoms. The van der Waals surface area contributed by atoms with Crippen molar-refractivity contribution >= 4 is 5.91 Å². The SMILES string of the molecule is Cn1cc([C@@H]2C[C@H]2C(=O)N2CCC[C@H]2Cc2ccnn2C)cn1. The van der Waals surface area contributed by atoms with Crippen LogP contribution in [0.4, 0.5) is 0 Å². The molecule has 1 saturated carbocycles. The minimum atomic E-state index is 0.159. The third-order valence-electron chi connectivity index (χ3n) is 5.29. The van der Waals surface area contributed by atoms with Crippen LogP contribution in [0.2, 0.25) is 0 Å². The van der Waals surface area contributed by atoms with Gasteiger partial charge in [0.1, 0.15) is 0 Å². The fraction of sp³-hybridized carbons (Fsp3) is 0.588. The molecule has 3 atom stereocenters. The van der Waals surface area contributed by atoms with E-state index in [0.29, 0.717) is 17.9 Å². The van der Waals surface area contributed by atoms with Crippen molar-refractivity contribution in [3.8, 4) is 0 Å². The van der Waals surface area contributed by atoms with Crippen LogP contribution >= 0.6 is 0 Å². The molecule has 122 valence electrons. The van der Waals surface area contributed by atoms with E-state index in [1.165, 1.54) is 11.3 Å². The van der Waals surface area contributed by atoms with Crippen molar-refractivity contribution in [2.45, 2.75) is 37.6 Å². The maximum Gasteiger partial charge on any atom is 0.226 e. The highest BCUT2D eigenvalue weighted by Gasteiger charge is 2.48.